The van der Waals surface area contributed by atoms with Gasteiger partial charge < -0.3 is 20.1 Å². The van der Waals surface area contributed by atoms with Gasteiger partial charge in [-0.2, -0.15) is 0 Å². The number of hydrogen-bond donors (Lipinski definition) is 2. The maximum absolute atomic E-state index is 12.1. The molecule has 0 spiro atoms. The first-order valence-electron chi connectivity index (χ1n) is 10.6. The van der Waals surface area contributed by atoms with E-state index in [4.69, 9.17) is 9.47 Å². The highest BCUT2D eigenvalue weighted by Gasteiger charge is 2.03. The first-order chi connectivity index (χ1) is 14.1. The molecule has 0 atom stereocenters. The van der Waals surface area contributed by atoms with Crippen LogP contribution in [0.3, 0.4) is 0 Å². The van der Waals surface area contributed by atoms with Gasteiger partial charge in [0.15, 0.2) is 0 Å². The van der Waals surface area contributed by atoms with Crippen LogP contribution in [0.15, 0.2) is 48.5 Å². The first-order valence-corrected chi connectivity index (χ1v) is 10.6. The van der Waals surface area contributed by atoms with Gasteiger partial charge in [-0.3, -0.25) is 4.79 Å². The molecule has 0 aromatic heterocycles. The Kier molecular flexibility index (Phi) is 9.90. The Morgan fingerprint density at radius 2 is 1.62 bits per heavy atom. The first kappa shape index (κ1) is 22.6. The number of carbonyl (C=O) groups is 1. The van der Waals surface area contributed by atoms with Crippen molar-refractivity contribution in [1.82, 2.24) is 5.32 Å². The van der Waals surface area contributed by atoms with Gasteiger partial charge in [0, 0.05) is 12.2 Å². The fraction of sp³-hybridized carbons (Fsp3) is 0.458. The molecule has 0 saturated carbocycles. The largest absolute Gasteiger partial charge is 0.494 e. The summed E-state index contributed by atoms with van der Waals surface area (Å²) in [5.74, 6) is 1.65. The highest BCUT2D eigenvalue weighted by Crippen LogP contribution is 2.16. The van der Waals surface area contributed by atoms with Crippen LogP contribution in [0.25, 0.3) is 0 Å². The van der Waals surface area contributed by atoms with Crippen LogP contribution in [0, 0.1) is 0 Å². The molecule has 29 heavy (non-hydrogen) atoms. The third-order valence-electron chi connectivity index (χ3n) is 4.36. The molecule has 0 radical (unpaired) electrons. The molecule has 5 heteroatoms. The van der Waals surface area contributed by atoms with Gasteiger partial charge >= 0.3 is 0 Å². The van der Waals surface area contributed by atoms with Crippen molar-refractivity contribution in [2.24, 2.45) is 0 Å². The molecule has 2 aromatic carbocycles. The van der Waals surface area contributed by atoms with Gasteiger partial charge in [0.25, 0.3) is 0 Å². The zero-order chi connectivity index (χ0) is 20.9. The number of rotatable bonds is 13. The minimum atomic E-state index is -0.0521. The Hall–Kier alpha value is -2.69. The summed E-state index contributed by atoms with van der Waals surface area (Å²) < 4.78 is 11.4. The predicted octanol–water partition coefficient (Wildman–Crippen LogP) is 5.16. The highest BCUT2D eigenvalue weighted by molar-refractivity contribution is 5.80. The van der Waals surface area contributed by atoms with Crippen LogP contribution in [0.5, 0.6) is 11.5 Å². The van der Waals surface area contributed by atoms with Gasteiger partial charge in [0.1, 0.15) is 11.5 Å². The quantitative estimate of drug-likeness (QED) is 0.458. The van der Waals surface area contributed by atoms with Crippen LogP contribution < -0.4 is 20.1 Å². The van der Waals surface area contributed by atoms with E-state index in [0.717, 1.165) is 35.8 Å². The Bertz CT molecular complexity index is 712. The molecule has 0 saturated heterocycles. The van der Waals surface area contributed by atoms with E-state index in [1.807, 2.05) is 62.4 Å². The normalized spacial score (nSPS) is 10.6. The Morgan fingerprint density at radius 3 is 2.28 bits per heavy atom. The number of anilines is 1. The second-order valence-electron chi connectivity index (χ2n) is 7.37. The third kappa shape index (κ3) is 9.37. The lowest BCUT2D eigenvalue weighted by atomic mass is 10.2. The van der Waals surface area contributed by atoms with E-state index >= 15 is 0 Å². The van der Waals surface area contributed by atoms with Gasteiger partial charge in [0.05, 0.1) is 19.3 Å². The fourth-order valence-electron chi connectivity index (χ4n) is 2.79. The molecule has 0 unspecified atom stereocenters. The molecule has 2 N–H and O–H groups in total. The molecule has 1 amide bonds. The van der Waals surface area contributed by atoms with Crippen molar-refractivity contribution in [2.75, 3.05) is 18.5 Å². The van der Waals surface area contributed by atoms with Crippen molar-refractivity contribution in [2.45, 2.75) is 59.1 Å². The summed E-state index contributed by atoms with van der Waals surface area (Å²) >= 11 is 0. The number of nitrogens with one attached hydrogen (secondary N) is 2. The Balaban J connectivity index is 1.65. The summed E-state index contributed by atoms with van der Waals surface area (Å²) in [5, 5.41) is 6.05. The van der Waals surface area contributed by atoms with E-state index in [0.29, 0.717) is 6.54 Å². The minimum absolute atomic E-state index is 0.0521. The van der Waals surface area contributed by atoms with Gasteiger partial charge in [-0.15, -0.1) is 0 Å². The Morgan fingerprint density at radius 1 is 0.931 bits per heavy atom. The molecule has 0 fully saturated rings. The number of hydrogen-bond acceptors (Lipinski definition) is 4. The zero-order valence-electron chi connectivity index (χ0n) is 17.9. The lowest BCUT2D eigenvalue weighted by Gasteiger charge is -2.11. The zero-order valence-corrected chi connectivity index (χ0v) is 17.9. The summed E-state index contributed by atoms with van der Waals surface area (Å²) in [6.07, 6.45) is 4.93. The number of amides is 1. The molecule has 2 aromatic rings. The molecule has 5 nitrogen and oxygen atoms in total. The molecule has 0 aliphatic carbocycles. The van der Waals surface area contributed by atoms with Crippen molar-refractivity contribution in [1.29, 1.82) is 0 Å². The SMILES string of the molecule is CCCCCCOc1ccc(NCC(=O)NCc2ccc(OC(C)C)cc2)cc1. The fourth-order valence-corrected chi connectivity index (χ4v) is 2.79. The number of carbonyl (C=O) groups excluding carboxylic acids is 1. The summed E-state index contributed by atoms with van der Waals surface area (Å²) in [7, 11) is 0. The summed E-state index contributed by atoms with van der Waals surface area (Å²) in [4.78, 5) is 12.1. The maximum atomic E-state index is 12.1. The van der Waals surface area contributed by atoms with E-state index in [9.17, 15) is 4.79 Å². The maximum Gasteiger partial charge on any atom is 0.239 e. The van der Waals surface area contributed by atoms with Crippen LogP contribution in [-0.4, -0.2) is 25.2 Å². The molecule has 158 valence electrons. The van der Waals surface area contributed by atoms with E-state index in [-0.39, 0.29) is 18.6 Å². The molecule has 0 heterocycles. The van der Waals surface area contributed by atoms with Crippen LogP contribution >= 0.6 is 0 Å². The topological polar surface area (TPSA) is 59.6 Å². The second kappa shape index (κ2) is 12.7. The summed E-state index contributed by atoms with van der Waals surface area (Å²) in [6, 6.07) is 15.5. The van der Waals surface area contributed by atoms with E-state index < -0.39 is 0 Å². The standard InChI is InChI=1S/C24H34N2O3/c1-4-5-6-7-16-28-22-14-10-21(11-15-22)25-18-24(27)26-17-20-8-12-23(13-9-20)29-19(2)3/h8-15,19,25H,4-7,16-18H2,1-3H3,(H,26,27). The molecule has 0 aliphatic rings. The van der Waals surface area contributed by atoms with Crippen molar-refractivity contribution in [3.8, 4) is 11.5 Å². The average molecular weight is 399 g/mol. The molecular formula is C24H34N2O3. The monoisotopic (exact) mass is 398 g/mol. The highest BCUT2D eigenvalue weighted by atomic mass is 16.5. The predicted molar refractivity (Wildman–Crippen MR) is 119 cm³/mol. The van der Waals surface area contributed by atoms with Crippen molar-refractivity contribution >= 4 is 11.6 Å². The van der Waals surface area contributed by atoms with Crippen LogP contribution in [0.1, 0.15) is 52.0 Å². The molecule has 0 aliphatic heterocycles. The lowest BCUT2D eigenvalue weighted by molar-refractivity contribution is -0.119. The van der Waals surface area contributed by atoms with Crippen LogP contribution in [0.4, 0.5) is 5.69 Å². The van der Waals surface area contributed by atoms with Crippen molar-refractivity contribution in [3.63, 3.8) is 0 Å². The molecule has 2 rings (SSSR count). The Labute approximate surface area is 174 Å². The summed E-state index contributed by atoms with van der Waals surface area (Å²) in [5.41, 5.74) is 1.93. The van der Waals surface area contributed by atoms with E-state index in [1.165, 1.54) is 19.3 Å². The smallest absolute Gasteiger partial charge is 0.239 e. The van der Waals surface area contributed by atoms with Crippen LogP contribution in [-0.2, 0) is 11.3 Å². The third-order valence-corrected chi connectivity index (χ3v) is 4.36. The van der Waals surface area contributed by atoms with Gasteiger partial charge in [-0.05, 0) is 62.2 Å². The molecule has 0 bridgehead atoms. The van der Waals surface area contributed by atoms with Crippen molar-refractivity contribution in [3.05, 3.63) is 54.1 Å². The molecular weight excluding hydrogens is 364 g/mol. The van der Waals surface area contributed by atoms with Gasteiger partial charge in [-0.25, -0.2) is 0 Å². The number of unbranched alkanes of at least 4 members (excludes halogenated alkanes) is 3. The van der Waals surface area contributed by atoms with Crippen molar-refractivity contribution < 1.29 is 14.3 Å². The average Bonchev–Trinajstić information content (AvgIpc) is 2.72. The number of benzene rings is 2. The van der Waals surface area contributed by atoms with E-state index in [2.05, 4.69) is 17.6 Å². The second-order valence-corrected chi connectivity index (χ2v) is 7.37. The van der Waals surface area contributed by atoms with Gasteiger partial charge in [0.2, 0.25) is 5.91 Å². The van der Waals surface area contributed by atoms with Gasteiger partial charge in [-0.1, -0.05) is 38.3 Å². The van der Waals surface area contributed by atoms with Crippen LogP contribution in [0.2, 0.25) is 0 Å². The summed E-state index contributed by atoms with van der Waals surface area (Å²) in [6.45, 7) is 7.67. The van der Waals surface area contributed by atoms with E-state index in [1.54, 1.807) is 0 Å². The lowest BCUT2D eigenvalue weighted by Crippen LogP contribution is -2.29. The number of ether oxygens (including phenoxy) is 2. The minimum Gasteiger partial charge on any atom is -0.494 e.